The molecular formula is C15H23N3O. The molecule has 1 amide bonds. The van der Waals surface area contributed by atoms with Crippen LogP contribution in [0.2, 0.25) is 0 Å². The summed E-state index contributed by atoms with van der Waals surface area (Å²) in [5, 5.41) is 7.18. The van der Waals surface area contributed by atoms with Gasteiger partial charge in [0.05, 0.1) is 6.20 Å². The Labute approximate surface area is 114 Å². The van der Waals surface area contributed by atoms with Crippen molar-refractivity contribution in [2.24, 2.45) is 5.92 Å². The molecule has 1 saturated carbocycles. The summed E-state index contributed by atoms with van der Waals surface area (Å²) in [4.78, 5) is 14.4. The number of carbonyl (C=O) groups excluding carboxylic acids is 1. The highest BCUT2D eigenvalue weighted by Crippen LogP contribution is 2.31. The highest BCUT2D eigenvalue weighted by atomic mass is 16.2. The molecule has 0 radical (unpaired) electrons. The molecule has 1 saturated heterocycles. The van der Waals surface area contributed by atoms with Crippen LogP contribution in [0.1, 0.15) is 55.7 Å². The van der Waals surface area contributed by atoms with Gasteiger partial charge in [-0.25, -0.2) is 0 Å². The number of amides is 1. The Morgan fingerprint density at radius 1 is 1.42 bits per heavy atom. The molecule has 4 heteroatoms. The quantitative estimate of drug-likeness (QED) is 0.909. The van der Waals surface area contributed by atoms with Crippen molar-refractivity contribution in [3.05, 3.63) is 17.5 Å². The van der Waals surface area contributed by atoms with Crippen molar-refractivity contribution in [1.82, 2.24) is 15.1 Å². The maximum Gasteiger partial charge on any atom is 0.222 e. The Morgan fingerprint density at radius 2 is 2.21 bits per heavy atom. The lowest BCUT2D eigenvalue weighted by Crippen LogP contribution is -2.29. The third-order valence-electron chi connectivity index (χ3n) is 4.76. The number of nitrogens with zero attached hydrogens (tertiary/aromatic N) is 2. The molecule has 0 bridgehead atoms. The molecule has 0 spiro atoms. The van der Waals surface area contributed by atoms with Gasteiger partial charge in [0, 0.05) is 31.1 Å². The predicted octanol–water partition coefficient (Wildman–Crippen LogP) is 2.61. The summed E-state index contributed by atoms with van der Waals surface area (Å²) in [6.07, 6.45) is 8.85. The Morgan fingerprint density at radius 3 is 2.89 bits per heavy atom. The summed E-state index contributed by atoms with van der Waals surface area (Å²) in [7, 11) is 0. The molecule has 4 nitrogen and oxygen atoms in total. The molecule has 2 fully saturated rings. The molecule has 1 N–H and O–H groups in total. The minimum atomic E-state index is 0.367. The predicted molar refractivity (Wildman–Crippen MR) is 73.8 cm³/mol. The van der Waals surface area contributed by atoms with Crippen LogP contribution >= 0.6 is 0 Å². The molecule has 1 aliphatic heterocycles. The van der Waals surface area contributed by atoms with E-state index >= 15 is 0 Å². The SMILES string of the molecule is Cc1cn[nH]c1C1CCN(C(=O)CC2CCCC2)C1. The van der Waals surface area contributed by atoms with Crippen LogP contribution in [0.5, 0.6) is 0 Å². The van der Waals surface area contributed by atoms with Crippen LogP contribution in [0, 0.1) is 12.8 Å². The van der Waals surface area contributed by atoms with Crippen molar-refractivity contribution in [3.63, 3.8) is 0 Å². The van der Waals surface area contributed by atoms with Crippen molar-refractivity contribution >= 4 is 5.91 Å². The molecule has 0 aromatic carbocycles. The van der Waals surface area contributed by atoms with Gasteiger partial charge in [0.1, 0.15) is 0 Å². The first-order chi connectivity index (χ1) is 9.24. The largest absolute Gasteiger partial charge is 0.342 e. The summed E-state index contributed by atoms with van der Waals surface area (Å²) in [6.45, 7) is 3.87. The maximum atomic E-state index is 12.3. The lowest BCUT2D eigenvalue weighted by molar-refractivity contribution is -0.131. The van der Waals surface area contributed by atoms with E-state index in [0.29, 0.717) is 17.7 Å². The van der Waals surface area contributed by atoms with E-state index < -0.39 is 0 Å². The van der Waals surface area contributed by atoms with Crippen molar-refractivity contribution in [1.29, 1.82) is 0 Å². The van der Waals surface area contributed by atoms with E-state index in [2.05, 4.69) is 22.0 Å². The second-order valence-corrected chi connectivity index (χ2v) is 6.15. The van der Waals surface area contributed by atoms with Crippen LogP contribution in [0.25, 0.3) is 0 Å². The number of rotatable bonds is 3. The van der Waals surface area contributed by atoms with Gasteiger partial charge in [-0.05, 0) is 37.7 Å². The number of hydrogen-bond acceptors (Lipinski definition) is 2. The van der Waals surface area contributed by atoms with E-state index in [-0.39, 0.29) is 0 Å². The molecule has 1 unspecified atom stereocenters. The van der Waals surface area contributed by atoms with Crippen molar-refractivity contribution in [2.45, 2.75) is 51.4 Å². The molecule has 19 heavy (non-hydrogen) atoms. The third kappa shape index (κ3) is 2.67. The molecule has 1 aromatic rings. The summed E-state index contributed by atoms with van der Waals surface area (Å²) < 4.78 is 0. The smallest absolute Gasteiger partial charge is 0.222 e. The van der Waals surface area contributed by atoms with Crippen LogP contribution in [0.15, 0.2) is 6.20 Å². The van der Waals surface area contributed by atoms with Crippen molar-refractivity contribution in [3.8, 4) is 0 Å². The number of hydrogen-bond donors (Lipinski definition) is 1. The average Bonchev–Trinajstić information content (AvgIpc) is 3.08. The monoisotopic (exact) mass is 261 g/mol. The minimum Gasteiger partial charge on any atom is -0.342 e. The molecular weight excluding hydrogens is 238 g/mol. The zero-order valence-electron chi connectivity index (χ0n) is 11.7. The van der Waals surface area contributed by atoms with Crippen molar-refractivity contribution in [2.75, 3.05) is 13.1 Å². The molecule has 104 valence electrons. The highest BCUT2D eigenvalue weighted by Gasteiger charge is 2.30. The summed E-state index contributed by atoms with van der Waals surface area (Å²) >= 11 is 0. The number of likely N-dealkylation sites (tertiary alicyclic amines) is 1. The van der Waals surface area contributed by atoms with Crippen LogP contribution < -0.4 is 0 Å². The van der Waals surface area contributed by atoms with E-state index in [9.17, 15) is 4.79 Å². The van der Waals surface area contributed by atoms with Gasteiger partial charge in [0.2, 0.25) is 5.91 Å². The van der Waals surface area contributed by atoms with Gasteiger partial charge in [0.15, 0.2) is 0 Å². The topological polar surface area (TPSA) is 49.0 Å². The van der Waals surface area contributed by atoms with Crippen LogP contribution in [-0.4, -0.2) is 34.1 Å². The molecule has 1 aromatic heterocycles. The maximum absolute atomic E-state index is 12.3. The number of aromatic amines is 1. The Bertz CT molecular complexity index is 448. The Kier molecular flexibility index (Phi) is 3.58. The minimum absolute atomic E-state index is 0.367. The summed E-state index contributed by atoms with van der Waals surface area (Å²) in [5.41, 5.74) is 2.44. The average molecular weight is 261 g/mol. The fourth-order valence-electron chi connectivity index (χ4n) is 3.58. The summed E-state index contributed by atoms with van der Waals surface area (Å²) in [6, 6.07) is 0. The standard InChI is InChI=1S/C15H23N3O/c1-11-9-16-17-15(11)13-6-7-18(10-13)14(19)8-12-4-2-3-5-12/h9,12-13H,2-8,10H2,1H3,(H,16,17). The fraction of sp³-hybridized carbons (Fsp3) is 0.733. The second kappa shape index (κ2) is 5.35. The lowest BCUT2D eigenvalue weighted by Gasteiger charge is -2.18. The molecule has 3 rings (SSSR count). The highest BCUT2D eigenvalue weighted by molar-refractivity contribution is 5.76. The molecule has 1 aliphatic carbocycles. The van der Waals surface area contributed by atoms with Gasteiger partial charge in [-0.1, -0.05) is 12.8 Å². The van der Waals surface area contributed by atoms with E-state index in [1.807, 2.05) is 6.20 Å². The zero-order valence-corrected chi connectivity index (χ0v) is 11.7. The lowest BCUT2D eigenvalue weighted by atomic mass is 10.0. The number of aryl methyl sites for hydroxylation is 1. The normalized spacial score (nSPS) is 24.3. The van der Waals surface area contributed by atoms with Crippen LogP contribution in [-0.2, 0) is 4.79 Å². The van der Waals surface area contributed by atoms with Gasteiger partial charge < -0.3 is 4.90 Å². The van der Waals surface area contributed by atoms with Gasteiger partial charge in [0.25, 0.3) is 0 Å². The van der Waals surface area contributed by atoms with E-state index in [1.165, 1.54) is 36.9 Å². The summed E-state index contributed by atoms with van der Waals surface area (Å²) in [5.74, 6) is 1.47. The Hall–Kier alpha value is -1.32. The van der Waals surface area contributed by atoms with Crippen molar-refractivity contribution < 1.29 is 4.79 Å². The first-order valence-corrected chi connectivity index (χ1v) is 7.51. The molecule has 2 aliphatic rings. The fourth-order valence-corrected chi connectivity index (χ4v) is 3.58. The van der Waals surface area contributed by atoms with E-state index in [1.54, 1.807) is 0 Å². The van der Waals surface area contributed by atoms with Gasteiger partial charge in [-0.3, -0.25) is 9.89 Å². The second-order valence-electron chi connectivity index (χ2n) is 6.15. The number of aromatic nitrogens is 2. The number of carbonyl (C=O) groups is 1. The van der Waals surface area contributed by atoms with Crippen LogP contribution in [0.4, 0.5) is 0 Å². The first kappa shape index (κ1) is 12.7. The van der Waals surface area contributed by atoms with Gasteiger partial charge in [-0.2, -0.15) is 5.10 Å². The van der Waals surface area contributed by atoms with E-state index in [4.69, 9.17) is 0 Å². The number of nitrogens with one attached hydrogen (secondary N) is 1. The molecule has 1 atom stereocenters. The number of H-pyrrole nitrogens is 1. The zero-order chi connectivity index (χ0) is 13.2. The third-order valence-corrected chi connectivity index (χ3v) is 4.76. The first-order valence-electron chi connectivity index (χ1n) is 7.51. The van der Waals surface area contributed by atoms with Crippen LogP contribution in [0.3, 0.4) is 0 Å². The molecule has 2 heterocycles. The Balaban J connectivity index is 1.56. The van der Waals surface area contributed by atoms with Gasteiger partial charge >= 0.3 is 0 Å². The van der Waals surface area contributed by atoms with E-state index in [0.717, 1.165) is 25.9 Å². The van der Waals surface area contributed by atoms with Gasteiger partial charge in [-0.15, -0.1) is 0 Å².